The van der Waals surface area contributed by atoms with Gasteiger partial charge in [0.05, 0.1) is 5.92 Å². The average molecular weight is 281 g/mol. The van der Waals surface area contributed by atoms with E-state index in [0.717, 1.165) is 44.8 Å². The summed E-state index contributed by atoms with van der Waals surface area (Å²) in [6, 6.07) is 0. The maximum Gasteiger partial charge on any atom is 0.224 e. The van der Waals surface area contributed by atoms with Crippen LogP contribution in [-0.4, -0.2) is 50.1 Å². The number of nitrogens with zero attached hydrogens (tertiary/aromatic N) is 1. The van der Waals surface area contributed by atoms with Gasteiger partial charge in [0.1, 0.15) is 0 Å². The third-order valence-electron chi connectivity index (χ3n) is 4.74. The fourth-order valence-corrected chi connectivity index (χ4v) is 3.18. The Labute approximate surface area is 123 Å². The smallest absolute Gasteiger partial charge is 0.224 e. The van der Waals surface area contributed by atoms with Crippen molar-refractivity contribution in [2.75, 3.05) is 39.3 Å². The van der Waals surface area contributed by atoms with Crippen LogP contribution in [0.25, 0.3) is 0 Å². The third-order valence-corrected chi connectivity index (χ3v) is 4.74. The molecule has 0 aliphatic carbocycles. The van der Waals surface area contributed by atoms with Gasteiger partial charge in [-0.3, -0.25) is 4.79 Å². The second kappa shape index (κ2) is 8.63. The lowest BCUT2D eigenvalue weighted by Gasteiger charge is -2.30. The summed E-state index contributed by atoms with van der Waals surface area (Å²) in [5.74, 6) is 1.37. The quantitative estimate of drug-likeness (QED) is 0.727. The zero-order chi connectivity index (χ0) is 14.2. The molecule has 20 heavy (non-hydrogen) atoms. The van der Waals surface area contributed by atoms with Gasteiger partial charge in [-0.15, -0.1) is 0 Å². The zero-order valence-corrected chi connectivity index (χ0v) is 13.0. The molecule has 0 spiro atoms. The summed E-state index contributed by atoms with van der Waals surface area (Å²) >= 11 is 0. The Morgan fingerprint density at radius 1 is 1.25 bits per heavy atom. The van der Waals surface area contributed by atoms with Gasteiger partial charge in [0.15, 0.2) is 0 Å². The molecule has 2 heterocycles. The number of amides is 1. The minimum absolute atomic E-state index is 0.201. The van der Waals surface area contributed by atoms with Gasteiger partial charge in [-0.2, -0.15) is 0 Å². The van der Waals surface area contributed by atoms with Crippen LogP contribution in [0.4, 0.5) is 0 Å². The van der Waals surface area contributed by atoms with E-state index in [1.807, 2.05) is 0 Å². The molecule has 2 fully saturated rings. The van der Waals surface area contributed by atoms with Gasteiger partial charge in [-0.05, 0) is 70.6 Å². The van der Waals surface area contributed by atoms with Gasteiger partial charge in [-0.25, -0.2) is 0 Å². The Morgan fingerprint density at radius 2 is 2.05 bits per heavy atom. The number of hydrogen-bond donors (Lipinski definition) is 2. The first kappa shape index (κ1) is 15.8. The van der Waals surface area contributed by atoms with E-state index < -0.39 is 0 Å². The van der Waals surface area contributed by atoms with Crippen molar-refractivity contribution in [3.05, 3.63) is 0 Å². The van der Waals surface area contributed by atoms with Gasteiger partial charge in [0.25, 0.3) is 0 Å². The summed E-state index contributed by atoms with van der Waals surface area (Å²) in [6.07, 6.45) is 7.20. The van der Waals surface area contributed by atoms with Crippen LogP contribution in [-0.2, 0) is 4.79 Å². The highest BCUT2D eigenvalue weighted by atomic mass is 16.1. The molecule has 1 atom stereocenters. The lowest BCUT2D eigenvalue weighted by Crippen LogP contribution is -2.41. The summed E-state index contributed by atoms with van der Waals surface area (Å²) in [6.45, 7) is 8.86. The molecule has 2 N–H and O–H groups in total. The van der Waals surface area contributed by atoms with E-state index in [0.29, 0.717) is 0 Å². The molecule has 116 valence electrons. The second-order valence-corrected chi connectivity index (χ2v) is 6.57. The van der Waals surface area contributed by atoms with Crippen molar-refractivity contribution in [1.82, 2.24) is 15.5 Å². The minimum Gasteiger partial charge on any atom is -0.356 e. The Kier molecular flexibility index (Phi) is 6.80. The molecule has 0 bridgehead atoms. The molecule has 0 radical (unpaired) electrons. The predicted octanol–water partition coefficient (Wildman–Crippen LogP) is 1.61. The van der Waals surface area contributed by atoms with Crippen LogP contribution in [0.15, 0.2) is 0 Å². The molecule has 0 saturated carbocycles. The molecule has 2 aliphatic rings. The van der Waals surface area contributed by atoms with Crippen molar-refractivity contribution in [3.63, 3.8) is 0 Å². The van der Waals surface area contributed by atoms with Gasteiger partial charge in [-0.1, -0.05) is 6.92 Å². The molecule has 0 aromatic rings. The van der Waals surface area contributed by atoms with Crippen molar-refractivity contribution in [3.8, 4) is 0 Å². The van der Waals surface area contributed by atoms with E-state index in [1.165, 1.54) is 38.9 Å². The van der Waals surface area contributed by atoms with E-state index in [-0.39, 0.29) is 11.8 Å². The summed E-state index contributed by atoms with van der Waals surface area (Å²) < 4.78 is 0. The van der Waals surface area contributed by atoms with Crippen LogP contribution in [0, 0.1) is 11.8 Å². The van der Waals surface area contributed by atoms with Crippen LogP contribution < -0.4 is 10.6 Å². The molecule has 1 unspecified atom stereocenters. The molecular formula is C16H31N3O. The predicted molar refractivity (Wildman–Crippen MR) is 82.7 cm³/mol. The fourth-order valence-electron chi connectivity index (χ4n) is 3.18. The molecule has 2 aliphatic heterocycles. The summed E-state index contributed by atoms with van der Waals surface area (Å²) in [4.78, 5) is 14.5. The lowest BCUT2D eigenvalue weighted by molar-refractivity contribution is -0.125. The van der Waals surface area contributed by atoms with Crippen molar-refractivity contribution < 1.29 is 4.79 Å². The van der Waals surface area contributed by atoms with E-state index in [4.69, 9.17) is 0 Å². The van der Waals surface area contributed by atoms with Crippen LogP contribution in [0.5, 0.6) is 0 Å². The number of likely N-dealkylation sites (tertiary alicyclic amines) is 1. The maximum atomic E-state index is 11.9. The van der Waals surface area contributed by atoms with Crippen molar-refractivity contribution in [2.24, 2.45) is 11.8 Å². The molecule has 4 heteroatoms. The first-order chi connectivity index (χ1) is 9.75. The zero-order valence-electron chi connectivity index (χ0n) is 13.0. The lowest BCUT2D eigenvalue weighted by atomic mass is 9.98. The number of unbranched alkanes of at least 4 members (excludes halogenated alkanes) is 1. The van der Waals surface area contributed by atoms with E-state index in [1.54, 1.807) is 0 Å². The third kappa shape index (κ3) is 5.41. The Morgan fingerprint density at radius 3 is 2.75 bits per heavy atom. The topological polar surface area (TPSA) is 44.4 Å². The molecule has 4 nitrogen and oxygen atoms in total. The van der Waals surface area contributed by atoms with Crippen molar-refractivity contribution >= 4 is 5.91 Å². The standard InChI is InChI=1S/C16H31N3O/c1-14-6-11-19(12-7-14)10-3-2-9-18-16(20)15-5-4-8-17-13-15/h14-15,17H,2-13H2,1H3,(H,18,20). The van der Waals surface area contributed by atoms with Crippen LogP contribution in [0.2, 0.25) is 0 Å². The molecule has 0 aromatic carbocycles. The highest BCUT2D eigenvalue weighted by Crippen LogP contribution is 2.16. The van der Waals surface area contributed by atoms with Crippen LogP contribution >= 0.6 is 0 Å². The number of piperidine rings is 2. The Balaban J connectivity index is 1.47. The second-order valence-electron chi connectivity index (χ2n) is 6.57. The minimum atomic E-state index is 0.201. The highest BCUT2D eigenvalue weighted by Gasteiger charge is 2.20. The molecule has 2 saturated heterocycles. The molecule has 0 aromatic heterocycles. The van der Waals surface area contributed by atoms with Crippen molar-refractivity contribution in [2.45, 2.75) is 45.4 Å². The van der Waals surface area contributed by atoms with Crippen molar-refractivity contribution in [1.29, 1.82) is 0 Å². The average Bonchev–Trinajstić information content (AvgIpc) is 2.49. The first-order valence-electron chi connectivity index (χ1n) is 8.46. The van der Waals surface area contributed by atoms with Crippen LogP contribution in [0.3, 0.4) is 0 Å². The monoisotopic (exact) mass is 281 g/mol. The number of hydrogen-bond acceptors (Lipinski definition) is 3. The SMILES string of the molecule is CC1CCN(CCCCNC(=O)C2CCCNC2)CC1. The van der Waals surface area contributed by atoms with Gasteiger partial charge in [0, 0.05) is 13.1 Å². The van der Waals surface area contributed by atoms with Gasteiger partial charge >= 0.3 is 0 Å². The Hall–Kier alpha value is -0.610. The number of rotatable bonds is 6. The number of nitrogens with one attached hydrogen (secondary N) is 2. The van der Waals surface area contributed by atoms with E-state index >= 15 is 0 Å². The largest absolute Gasteiger partial charge is 0.356 e. The Bertz CT molecular complexity index is 281. The molecule has 1 amide bonds. The van der Waals surface area contributed by atoms with Crippen LogP contribution in [0.1, 0.15) is 45.4 Å². The first-order valence-corrected chi connectivity index (χ1v) is 8.46. The fraction of sp³-hybridized carbons (Fsp3) is 0.938. The normalized spacial score (nSPS) is 25.6. The maximum absolute atomic E-state index is 11.9. The summed E-state index contributed by atoms with van der Waals surface area (Å²) in [5.41, 5.74) is 0. The van der Waals surface area contributed by atoms with E-state index in [2.05, 4.69) is 22.5 Å². The molecule has 2 rings (SSSR count). The van der Waals surface area contributed by atoms with Gasteiger partial charge < -0.3 is 15.5 Å². The number of carbonyl (C=O) groups excluding carboxylic acids is 1. The summed E-state index contributed by atoms with van der Waals surface area (Å²) in [5, 5.41) is 6.40. The number of carbonyl (C=O) groups is 1. The summed E-state index contributed by atoms with van der Waals surface area (Å²) in [7, 11) is 0. The highest BCUT2D eigenvalue weighted by molar-refractivity contribution is 5.78. The molecular weight excluding hydrogens is 250 g/mol. The van der Waals surface area contributed by atoms with Gasteiger partial charge in [0.2, 0.25) is 5.91 Å². The van der Waals surface area contributed by atoms with E-state index in [9.17, 15) is 4.79 Å².